The van der Waals surface area contributed by atoms with Crippen LogP contribution in [0.15, 0.2) is 108 Å². The first-order valence-electron chi connectivity index (χ1n) is 9.39. The zero-order valence-electron chi connectivity index (χ0n) is 15.6. The van der Waals surface area contributed by atoms with Gasteiger partial charge in [-0.1, -0.05) is 72.8 Å². The smallest absolute Gasteiger partial charge is 0.246 e. The second kappa shape index (κ2) is 7.52. The van der Waals surface area contributed by atoms with E-state index in [1.807, 2.05) is 97.1 Å². The number of hydrogen-bond acceptors (Lipinski definition) is 4. The Labute approximate surface area is 168 Å². The van der Waals surface area contributed by atoms with Gasteiger partial charge in [0.1, 0.15) is 11.4 Å². The van der Waals surface area contributed by atoms with E-state index in [9.17, 15) is 0 Å². The Bertz CT molecular complexity index is 1180. The third-order valence-corrected chi connectivity index (χ3v) is 4.61. The van der Waals surface area contributed by atoms with E-state index in [0.29, 0.717) is 11.6 Å². The molecule has 0 aliphatic heterocycles. The summed E-state index contributed by atoms with van der Waals surface area (Å²) in [6, 6.07) is 31.6. The summed E-state index contributed by atoms with van der Waals surface area (Å²) >= 11 is 0. The lowest BCUT2D eigenvalue weighted by atomic mass is 10.1. The monoisotopic (exact) mass is 375 g/mol. The summed E-state index contributed by atoms with van der Waals surface area (Å²) in [6.45, 7) is 0. The van der Waals surface area contributed by atoms with Gasteiger partial charge in [0.15, 0.2) is 5.76 Å². The Morgan fingerprint density at radius 3 is 1.90 bits per heavy atom. The Balaban J connectivity index is 1.65. The molecule has 0 N–H and O–H groups in total. The zero-order valence-corrected chi connectivity index (χ0v) is 15.6. The Morgan fingerprint density at radius 2 is 1.17 bits per heavy atom. The van der Waals surface area contributed by atoms with Crippen LogP contribution in [-0.4, -0.2) is 15.0 Å². The Hall–Kier alpha value is -4.05. The molecule has 2 aromatic carbocycles. The van der Waals surface area contributed by atoms with Gasteiger partial charge in [0.05, 0.1) is 11.4 Å². The van der Waals surface area contributed by atoms with E-state index >= 15 is 0 Å². The molecule has 5 rings (SSSR count). The largest absolute Gasteiger partial charge is 0.434 e. The van der Waals surface area contributed by atoms with Crippen LogP contribution in [0.1, 0.15) is 0 Å². The van der Waals surface area contributed by atoms with Crippen LogP contribution < -0.4 is 0 Å². The van der Waals surface area contributed by atoms with Crippen molar-refractivity contribution in [3.05, 3.63) is 103 Å². The maximum Gasteiger partial charge on any atom is 0.246 e. The third kappa shape index (κ3) is 3.44. The van der Waals surface area contributed by atoms with Crippen LogP contribution in [0.2, 0.25) is 0 Å². The van der Waals surface area contributed by atoms with Gasteiger partial charge in [0, 0.05) is 17.3 Å². The second-order valence-corrected chi connectivity index (χ2v) is 6.55. The van der Waals surface area contributed by atoms with E-state index in [0.717, 1.165) is 34.0 Å². The van der Waals surface area contributed by atoms with E-state index in [1.165, 1.54) is 0 Å². The molecule has 5 aromatic rings. The summed E-state index contributed by atoms with van der Waals surface area (Å²) in [5.41, 5.74) is 5.05. The van der Waals surface area contributed by atoms with Crippen molar-refractivity contribution in [1.29, 1.82) is 0 Å². The predicted octanol–water partition coefficient (Wildman–Crippen LogP) is 6.13. The minimum atomic E-state index is 0.487. The summed E-state index contributed by atoms with van der Waals surface area (Å²) in [6.07, 6.45) is 1.76. The van der Waals surface area contributed by atoms with Crippen molar-refractivity contribution in [3.8, 4) is 45.6 Å². The summed E-state index contributed by atoms with van der Waals surface area (Å²) in [4.78, 5) is 13.9. The molecule has 4 nitrogen and oxygen atoms in total. The summed E-state index contributed by atoms with van der Waals surface area (Å²) in [7, 11) is 0. The normalized spacial score (nSPS) is 10.8. The number of nitrogens with zero attached hydrogens (tertiary/aromatic N) is 3. The first kappa shape index (κ1) is 17.1. The third-order valence-electron chi connectivity index (χ3n) is 4.61. The molecular formula is C25H17N3O. The maximum absolute atomic E-state index is 6.24. The minimum absolute atomic E-state index is 0.487. The van der Waals surface area contributed by atoms with E-state index in [2.05, 4.69) is 4.98 Å². The van der Waals surface area contributed by atoms with Crippen LogP contribution in [-0.2, 0) is 0 Å². The maximum atomic E-state index is 6.24. The van der Waals surface area contributed by atoms with Gasteiger partial charge < -0.3 is 4.42 Å². The number of benzene rings is 2. The van der Waals surface area contributed by atoms with Crippen molar-refractivity contribution < 1.29 is 4.42 Å². The lowest BCUT2D eigenvalue weighted by Crippen LogP contribution is -1.89. The van der Waals surface area contributed by atoms with Gasteiger partial charge in [-0.15, -0.1) is 0 Å². The summed E-state index contributed by atoms with van der Waals surface area (Å²) in [5.74, 6) is 1.22. The highest BCUT2D eigenvalue weighted by atomic mass is 16.4. The average Bonchev–Trinajstić information content (AvgIpc) is 3.27. The van der Waals surface area contributed by atoms with E-state index in [-0.39, 0.29) is 0 Å². The van der Waals surface area contributed by atoms with Gasteiger partial charge in [-0.2, -0.15) is 0 Å². The molecule has 0 atom stereocenters. The van der Waals surface area contributed by atoms with Crippen molar-refractivity contribution in [2.45, 2.75) is 0 Å². The number of hydrogen-bond donors (Lipinski definition) is 0. The van der Waals surface area contributed by atoms with Crippen molar-refractivity contribution in [3.63, 3.8) is 0 Å². The first-order chi connectivity index (χ1) is 14.4. The number of aromatic nitrogens is 3. The molecule has 3 heterocycles. The number of oxazole rings is 1. The molecular weight excluding hydrogens is 358 g/mol. The van der Waals surface area contributed by atoms with Crippen LogP contribution in [0.5, 0.6) is 0 Å². The first-order valence-corrected chi connectivity index (χ1v) is 9.39. The second-order valence-electron chi connectivity index (χ2n) is 6.55. The molecule has 138 valence electrons. The number of rotatable bonds is 4. The number of pyridine rings is 2. The van der Waals surface area contributed by atoms with E-state index in [1.54, 1.807) is 6.20 Å². The fraction of sp³-hybridized carbons (Fsp3) is 0. The molecule has 3 aromatic heterocycles. The van der Waals surface area contributed by atoms with Gasteiger partial charge in [-0.05, 0) is 24.3 Å². The highest BCUT2D eigenvalue weighted by Crippen LogP contribution is 2.35. The van der Waals surface area contributed by atoms with Crippen LogP contribution in [0, 0.1) is 0 Å². The molecule has 0 spiro atoms. The van der Waals surface area contributed by atoms with Gasteiger partial charge in [-0.3, -0.25) is 4.98 Å². The fourth-order valence-corrected chi connectivity index (χ4v) is 3.22. The van der Waals surface area contributed by atoms with Crippen molar-refractivity contribution in [1.82, 2.24) is 15.0 Å². The fourth-order valence-electron chi connectivity index (χ4n) is 3.22. The molecule has 0 unspecified atom stereocenters. The van der Waals surface area contributed by atoms with Gasteiger partial charge in [0.2, 0.25) is 5.89 Å². The van der Waals surface area contributed by atoms with Crippen LogP contribution in [0.4, 0.5) is 0 Å². The van der Waals surface area contributed by atoms with Crippen molar-refractivity contribution in [2.24, 2.45) is 0 Å². The molecule has 0 fully saturated rings. The minimum Gasteiger partial charge on any atom is -0.434 e. The van der Waals surface area contributed by atoms with Crippen LogP contribution in [0.25, 0.3) is 45.6 Å². The quantitative estimate of drug-likeness (QED) is 0.379. The summed E-state index contributed by atoms with van der Waals surface area (Å²) < 4.78 is 6.24. The molecule has 0 saturated carbocycles. The zero-order chi connectivity index (χ0) is 19.5. The van der Waals surface area contributed by atoms with E-state index < -0.39 is 0 Å². The lowest BCUT2D eigenvalue weighted by Gasteiger charge is -2.01. The molecule has 0 amide bonds. The van der Waals surface area contributed by atoms with E-state index in [4.69, 9.17) is 14.4 Å². The van der Waals surface area contributed by atoms with Crippen LogP contribution >= 0.6 is 0 Å². The molecule has 0 radical (unpaired) electrons. The standard InChI is InChI=1S/C25H17N3O/c1-3-10-18(11-4-1)23-24(19-12-5-2-6-13-19)29-25(28-23)22-16-9-15-21(27-22)20-14-7-8-17-26-20/h1-17H. The van der Waals surface area contributed by atoms with Gasteiger partial charge in [0.25, 0.3) is 0 Å². The molecule has 0 saturated heterocycles. The van der Waals surface area contributed by atoms with Crippen molar-refractivity contribution >= 4 is 0 Å². The SMILES string of the molecule is c1ccc(-c2nc(-c3cccc(-c4ccccn4)n3)oc2-c2ccccc2)cc1. The Kier molecular flexibility index (Phi) is 4.43. The molecule has 29 heavy (non-hydrogen) atoms. The highest BCUT2D eigenvalue weighted by molar-refractivity contribution is 5.78. The highest BCUT2D eigenvalue weighted by Gasteiger charge is 2.19. The van der Waals surface area contributed by atoms with Crippen LogP contribution in [0.3, 0.4) is 0 Å². The molecule has 0 aliphatic rings. The van der Waals surface area contributed by atoms with Crippen molar-refractivity contribution in [2.75, 3.05) is 0 Å². The topological polar surface area (TPSA) is 51.8 Å². The average molecular weight is 375 g/mol. The molecule has 0 bridgehead atoms. The lowest BCUT2D eigenvalue weighted by molar-refractivity contribution is 0.586. The molecule has 0 aliphatic carbocycles. The van der Waals surface area contributed by atoms with Gasteiger partial charge >= 0.3 is 0 Å². The van der Waals surface area contributed by atoms with Gasteiger partial charge in [-0.25, -0.2) is 9.97 Å². The summed E-state index contributed by atoms with van der Waals surface area (Å²) in [5, 5.41) is 0. The Morgan fingerprint density at radius 1 is 0.517 bits per heavy atom. The molecule has 4 heteroatoms. The predicted molar refractivity (Wildman–Crippen MR) is 114 cm³/mol.